The molecule has 0 radical (unpaired) electrons. The Morgan fingerprint density at radius 1 is 1.33 bits per heavy atom. The van der Waals surface area contributed by atoms with Crippen LogP contribution in [0.1, 0.15) is 49.8 Å². The van der Waals surface area contributed by atoms with Gasteiger partial charge in [0, 0.05) is 12.1 Å². The molecule has 0 saturated carbocycles. The predicted molar refractivity (Wildman–Crippen MR) is 97.5 cm³/mol. The van der Waals surface area contributed by atoms with Gasteiger partial charge in [-0.05, 0) is 39.8 Å². The fourth-order valence-electron chi connectivity index (χ4n) is 3.19. The number of fused-ring (bicyclic) bond motifs is 1. The number of carbonyl (C=O) groups excluding carboxylic acids is 2. The Morgan fingerprint density at radius 3 is 2.63 bits per heavy atom. The first-order valence-corrected chi connectivity index (χ1v) is 8.72. The number of carbonyl (C=O) groups is 2. The van der Waals surface area contributed by atoms with Crippen LogP contribution in [0.4, 0.5) is 9.18 Å². The highest BCUT2D eigenvalue weighted by Gasteiger charge is 2.34. The van der Waals surface area contributed by atoms with Gasteiger partial charge in [0.2, 0.25) is 0 Å². The highest BCUT2D eigenvalue weighted by Crippen LogP contribution is 2.32. The molecule has 0 spiro atoms. The van der Waals surface area contributed by atoms with E-state index in [2.05, 4.69) is 5.10 Å². The Kier molecular flexibility index (Phi) is 4.67. The molecular weight excluding hydrogens is 351 g/mol. The first kappa shape index (κ1) is 18.9. The Morgan fingerprint density at radius 2 is 2.04 bits per heavy atom. The van der Waals surface area contributed by atoms with Gasteiger partial charge < -0.3 is 15.4 Å². The van der Waals surface area contributed by atoms with Crippen LogP contribution >= 0.6 is 0 Å². The summed E-state index contributed by atoms with van der Waals surface area (Å²) < 4.78 is 20.8. The van der Waals surface area contributed by atoms with Crippen LogP contribution in [-0.4, -0.2) is 38.8 Å². The number of amides is 2. The maximum Gasteiger partial charge on any atom is 0.410 e. The molecule has 3 rings (SSSR count). The van der Waals surface area contributed by atoms with Crippen LogP contribution in [0.25, 0.3) is 11.3 Å². The van der Waals surface area contributed by atoms with Crippen LogP contribution in [0.5, 0.6) is 0 Å². The molecular formula is C19H23FN4O3. The topological polar surface area (TPSA) is 90.4 Å². The van der Waals surface area contributed by atoms with Gasteiger partial charge in [-0.15, -0.1) is 0 Å². The van der Waals surface area contributed by atoms with Gasteiger partial charge in [0.15, 0.2) is 0 Å². The second-order valence-electron chi connectivity index (χ2n) is 7.70. The van der Waals surface area contributed by atoms with E-state index < -0.39 is 23.4 Å². The third kappa shape index (κ3) is 3.79. The van der Waals surface area contributed by atoms with Crippen molar-refractivity contribution >= 4 is 12.0 Å². The molecule has 1 aromatic carbocycles. The van der Waals surface area contributed by atoms with Gasteiger partial charge in [-0.25, -0.2) is 9.18 Å². The smallest absolute Gasteiger partial charge is 0.410 e. The van der Waals surface area contributed by atoms with Crippen LogP contribution in [0.3, 0.4) is 0 Å². The fourth-order valence-corrected chi connectivity index (χ4v) is 3.19. The lowest BCUT2D eigenvalue weighted by atomic mass is 10.0. The summed E-state index contributed by atoms with van der Waals surface area (Å²) in [6.07, 6.45) is -0.468. The van der Waals surface area contributed by atoms with Crippen molar-refractivity contribution in [1.82, 2.24) is 14.7 Å². The second kappa shape index (κ2) is 6.68. The third-order valence-corrected chi connectivity index (χ3v) is 4.25. The number of nitrogens with two attached hydrogens (primary N) is 1. The van der Waals surface area contributed by atoms with Crippen molar-refractivity contribution in [2.75, 3.05) is 6.54 Å². The normalized spacial score (nSPS) is 16.8. The molecule has 1 aliphatic heterocycles. The standard InChI is InChI=1S/C19H23FN4O3/c1-11-9-23(18(26)27-19(2,3)4)10-14-15(17(21)25)16(22-24(11)14)12-6-5-7-13(20)8-12/h5-8,11H,9-10H2,1-4H3,(H2,21,25). The molecule has 1 unspecified atom stereocenters. The van der Waals surface area contributed by atoms with Crippen LogP contribution in [0.15, 0.2) is 24.3 Å². The zero-order valence-corrected chi connectivity index (χ0v) is 15.8. The second-order valence-corrected chi connectivity index (χ2v) is 7.70. The van der Waals surface area contributed by atoms with E-state index in [1.807, 2.05) is 6.92 Å². The molecule has 27 heavy (non-hydrogen) atoms. The van der Waals surface area contributed by atoms with Crippen molar-refractivity contribution < 1.29 is 18.7 Å². The minimum atomic E-state index is -0.672. The minimum Gasteiger partial charge on any atom is -0.444 e. The van der Waals surface area contributed by atoms with E-state index in [4.69, 9.17) is 10.5 Å². The number of halogens is 1. The fraction of sp³-hybridized carbons (Fsp3) is 0.421. The van der Waals surface area contributed by atoms with Gasteiger partial charge in [-0.2, -0.15) is 5.10 Å². The number of primary amides is 1. The number of ether oxygens (including phenoxy) is 1. The van der Waals surface area contributed by atoms with Crippen molar-refractivity contribution in [2.24, 2.45) is 5.73 Å². The van der Waals surface area contributed by atoms with Crippen LogP contribution in [-0.2, 0) is 11.3 Å². The highest BCUT2D eigenvalue weighted by atomic mass is 19.1. The molecule has 7 nitrogen and oxygen atoms in total. The molecule has 0 fully saturated rings. The lowest BCUT2D eigenvalue weighted by Gasteiger charge is -2.33. The summed E-state index contributed by atoms with van der Waals surface area (Å²) in [5.74, 6) is -1.11. The van der Waals surface area contributed by atoms with E-state index in [0.717, 1.165) is 0 Å². The number of nitrogens with zero attached hydrogens (tertiary/aromatic N) is 3. The molecule has 0 bridgehead atoms. The molecule has 2 N–H and O–H groups in total. The van der Waals surface area contributed by atoms with Crippen LogP contribution < -0.4 is 5.73 Å². The lowest BCUT2D eigenvalue weighted by Crippen LogP contribution is -2.43. The van der Waals surface area contributed by atoms with Crippen molar-refractivity contribution in [3.05, 3.63) is 41.3 Å². The SMILES string of the molecule is CC1CN(C(=O)OC(C)(C)C)Cc2c(C(N)=O)c(-c3cccc(F)c3)nn21. The van der Waals surface area contributed by atoms with Crippen molar-refractivity contribution in [2.45, 2.75) is 45.9 Å². The van der Waals surface area contributed by atoms with Crippen molar-refractivity contribution in [3.8, 4) is 11.3 Å². The highest BCUT2D eigenvalue weighted by molar-refractivity contribution is 6.00. The monoisotopic (exact) mass is 374 g/mol. The first-order chi connectivity index (χ1) is 12.6. The molecule has 0 aliphatic carbocycles. The minimum absolute atomic E-state index is 0.139. The molecule has 1 aliphatic rings. The summed E-state index contributed by atoms with van der Waals surface area (Å²) in [6.45, 7) is 7.77. The van der Waals surface area contributed by atoms with E-state index in [0.29, 0.717) is 23.5 Å². The predicted octanol–water partition coefficient (Wildman–Crippen LogP) is 3.10. The van der Waals surface area contributed by atoms with Crippen LogP contribution in [0.2, 0.25) is 0 Å². The quantitative estimate of drug-likeness (QED) is 0.874. The molecule has 0 saturated heterocycles. The summed E-state index contributed by atoms with van der Waals surface area (Å²) >= 11 is 0. The van der Waals surface area contributed by atoms with Gasteiger partial charge in [-0.3, -0.25) is 9.48 Å². The Labute approximate surface area is 156 Å². The van der Waals surface area contributed by atoms with Crippen molar-refractivity contribution in [1.29, 1.82) is 0 Å². The van der Waals surface area contributed by atoms with Gasteiger partial charge in [0.05, 0.1) is 23.8 Å². The van der Waals surface area contributed by atoms with E-state index in [1.54, 1.807) is 37.6 Å². The lowest BCUT2D eigenvalue weighted by molar-refractivity contribution is 0.0165. The van der Waals surface area contributed by atoms with E-state index >= 15 is 0 Å². The molecule has 2 amide bonds. The summed E-state index contributed by atoms with van der Waals surface area (Å²) in [4.78, 5) is 26.2. The van der Waals surface area contributed by atoms with Crippen LogP contribution in [0, 0.1) is 5.82 Å². The third-order valence-electron chi connectivity index (χ3n) is 4.25. The summed E-state index contributed by atoms with van der Waals surface area (Å²) in [5.41, 5.74) is 6.47. The Bertz CT molecular complexity index is 901. The summed E-state index contributed by atoms with van der Waals surface area (Å²) in [5, 5.41) is 4.50. The molecule has 2 heterocycles. The molecule has 8 heteroatoms. The zero-order chi connectivity index (χ0) is 19.9. The average molecular weight is 374 g/mol. The maximum atomic E-state index is 13.7. The zero-order valence-electron chi connectivity index (χ0n) is 15.8. The Balaban J connectivity index is 2.04. The van der Waals surface area contributed by atoms with Crippen molar-refractivity contribution in [3.63, 3.8) is 0 Å². The van der Waals surface area contributed by atoms with Gasteiger partial charge in [0.1, 0.15) is 17.1 Å². The number of hydrogen-bond donors (Lipinski definition) is 1. The number of aromatic nitrogens is 2. The van der Waals surface area contributed by atoms with Gasteiger partial charge in [-0.1, -0.05) is 12.1 Å². The number of rotatable bonds is 2. The maximum absolute atomic E-state index is 13.7. The molecule has 2 aromatic rings. The van der Waals surface area contributed by atoms with E-state index in [-0.39, 0.29) is 18.2 Å². The first-order valence-electron chi connectivity index (χ1n) is 8.72. The summed E-state index contributed by atoms with van der Waals surface area (Å²) in [7, 11) is 0. The Hall–Kier alpha value is -2.90. The van der Waals surface area contributed by atoms with E-state index in [1.165, 1.54) is 17.0 Å². The molecule has 144 valence electrons. The number of benzene rings is 1. The summed E-state index contributed by atoms with van der Waals surface area (Å²) in [6, 6.07) is 5.64. The van der Waals surface area contributed by atoms with Gasteiger partial charge >= 0.3 is 6.09 Å². The number of hydrogen-bond acceptors (Lipinski definition) is 4. The van der Waals surface area contributed by atoms with Gasteiger partial charge in [0.25, 0.3) is 5.91 Å². The average Bonchev–Trinajstić information content (AvgIpc) is 2.93. The largest absolute Gasteiger partial charge is 0.444 e. The molecule has 1 atom stereocenters. The molecule has 1 aromatic heterocycles. The van der Waals surface area contributed by atoms with E-state index in [9.17, 15) is 14.0 Å².